The topological polar surface area (TPSA) is 50.8 Å². The van der Waals surface area contributed by atoms with E-state index >= 15 is 0 Å². The summed E-state index contributed by atoms with van der Waals surface area (Å²) in [6.07, 6.45) is 6.61. The number of nitrogens with one attached hydrogen (secondary N) is 1. The van der Waals surface area contributed by atoms with Crippen molar-refractivity contribution in [3.8, 4) is 5.75 Å². The van der Waals surface area contributed by atoms with Gasteiger partial charge in [-0.1, -0.05) is 43.2 Å². The Morgan fingerprint density at radius 1 is 1.18 bits per heavy atom. The summed E-state index contributed by atoms with van der Waals surface area (Å²) in [6.45, 7) is 5.39. The van der Waals surface area contributed by atoms with Gasteiger partial charge in [-0.25, -0.2) is 4.79 Å². The maximum atomic E-state index is 13.2. The molecule has 3 atom stereocenters. The van der Waals surface area contributed by atoms with Gasteiger partial charge < -0.3 is 19.7 Å². The van der Waals surface area contributed by atoms with Crippen LogP contribution in [0.15, 0.2) is 42.5 Å². The zero-order valence-corrected chi connectivity index (χ0v) is 20.1. The lowest BCUT2D eigenvalue weighted by molar-refractivity contribution is -0.0137. The minimum absolute atomic E-state index is 0.149. The van der Waals surface area contributed by atoms with Crippen molar-refractivity contribution < 1.29 is 14.3 Å². The number of hydrogen-bond donors (Lipinski definition) is 1. The summed E-state index contributed by atoms with van der Waals surface area (Å²) in [4.78, 5) is 15.3. The van der Waals surface area contributed by atoms with Gasteiger partial charge in [0.05, 0.1) is 12.8 Å². The number of methoxy groups -OCH3 is 1. The van der Waals surface area contributed by atoms with E-state index in [0.29, 0.717) is 18.6 Å². The number of carbonyl (C=O) groups excluding carboxylic acids is 1. The Kier molecular flexibility index (Phi) is 5.98. The molecule has 0 spiro atoms. The number of likely N-dealkylation sites (tertiary alicyclic amines) is 1. The van der Waals surface area contributed by atoms with Gasteiger partial charge in [0.15, 0.2) is 0 Å². The second-order valence-electron chi connectivity index (χ2n) is 10.3. The number of hydrogen-bond acceptors (Lipinski definition) is 4. The summed E-state index contributed by atoms with van der Waals surface area (Å²) >= 11 is 0. The predicted octanol–water partition coefficient (Wildman–Crippen LogP) is 5.91. The van der Waals surface area contributed by atoms with Crippen molar-refractivity contribution in [1.29, 1.82) is 0 Å². The van der Waals surface area contributed by atoms with Gasteiger partial charge in [0, 0.05) is 24.0 Å². The highest BCUT2D eigenvalue weighted by Gasteiger charge is 2.55. The summed E-state index contributed by atoms with van der Waals surface area (Å²) in [6, 6.07) is 15.1. The first kappa shape index (κ1) is 22.1. The van der Waals surface area contributed by atoms with Gasteiger partial charge >= 0.3 is 6.09 Å². The van der Waals surface area contributed by atoms with Crippen LogP contribution in [0.4, 0.5) is 10.5 Å². The fourth-order valence-electron chi connectivity index (χ4n) is 6.67. The van der Waals surface area contributed by atoms with Crippen molar-refractivity contribution in [3.05, 3.63) is 59.2 Å². The lowest BCUT2D eigenvalue weighted by atomic mass is 9.52. The molecule has 1 heterocycles. The van der Waals surface area contributed by atoms with Crippen LogP contribution in [0.25, 0.3) is 0 Å². The van der Waals surface area contributed by atoms with Crippen LogP contribution in [0, 0.1) is 5.92 Å². The third kappa shape index (κ3) is 3.96. The van der Waals surface area contributed by atoms with Crippen LogP contribution in [0.3, 0.4) is 0 Å². The van der Waals surface area contributed by atoms with Crippen LogP contribution in [-0.2, 0) is 23.2 Å². The Labute approximate surface area is 197 Å². The quantitative estimate of drug-likeness (QED) is 0.618. The van der Waals surface area contributed by atoms with Gasteiger partial charge in [0.25, 0.3) is 0 Å². The largest absolute Gasteiger partial charge is 0.495 e. The Bertz CT molecular complexity index is 1010. The molecule has 5 nitrogen and oxygen atoms in total. The van der Waals surface area contributed by atoms with Crippen LogP contribution in [0.2, 0.25) is 0 Å². The first-order chi connectivity index (χ1) is 16.0. The molecule has 1 saturated carbocycles. The van der Waals surface area contributed by atoms with Gasteiger partial charge in [0.2, 0.25) is 0 Å². The molecule has 3 aliphatic rings. The van der Waals surface area contributed by atoms with Crippen LogP contribution in [-0.4, -0.2) is 36.7 Å². The zero-order valence-electron chi connectivity index (χ0n) is 20.1. The summed E-state index contributed by atoms with van der Waals surface area (Å²) in [7, 11) is 1.76. The lowest BCUT2D eigenvalue weighted by Crippen LogP contribution is -2.62. The predicted molar refractivity (Wildman–Crippen MR) is 131 cm³/mol. The van der Waals surface area contributed by atoms with Crippen LogP contribution in [0.5, 0.6) is 5.75 Å². The van der Waals surface area contributed by atoms with Crippen molar-refractivity contribution in [1.82, 2.24) is 4.90 Å². The van der Waals surface area contributed by atoms with E-state index in [4.69, 9.17) is 9.47 Å². The molecule has 0 unspecified atom stereocenters. The molecule has 176 valence electrons. The van der Waals surface area contributed by atoms with E-state index in [0.717, 1.165) is 36.4 Å². The number of piperidine rings is 1. The van der Waals surface area contributed by atoms with E-state index < -0.39 is 0 Å². The molecule has 5 heteroatoms. The van der Waals surface area contributed by atoms with E-state index in [-0.39, 0.29) is 17.6 Å². The molecule has 0 radical (unpaired) electrons. The Morgan fingerprint density at radius 3 is 2.76 bits per heavy atom. The number of fused-ring (bicyclic) bond motifs is 1. The highest BCUT2D eigenvalue weighted by molar-refractivity contribution is 5.70. The molecule has 1 saturated heterocycles. The number of rotatable bonds is 5. The summed E-state index contributed by atoms with van der Waals surface area (Å²) in [5.74, 6) is 1.43. The number of amides is 1. The normalized spacial score (nSPS) is 25.8. The van der Waals surface area contributed by atoms with E-state index in [1.54, 1.807) is 7.11 Å². The Morgan fingerprint density at radius 2 is 2.00 bits per heavy atom. The van der Waals surface area contributed by atoms with Crippen LogP contribution in [0.1, 0.15) is 62.6 Å². The monoisotopic (exact) mass is 448 g/mol. The van der Waals surface area contributed by atoms with Gasteiger partial charge in [-0.3, -0.25) is 0 Å². The Balaban J connectivity index is 1.46. The highest BCUT2D eigenvalue weighted by atomic mass is 16.6. The van der Waals surface area contributed by atoms with E-state index in [1.807, 2.05) is 35.2 Å². The molecule has 1 N–H and O–H groups in total. The van der Waals surface area contributed by atoms with E-state index in [2.05, 4.69) is 31.3 Å². The van der Waals surface area contributed by atoms with E-state index in [9.17, 15) is 4.79 Å². The Hall–Kier alpha value is -2.69. The highest BCUT2D eigenvalue weighted by Crippen LogP contribution is 2.57. The molecule has 2 fully saturated rings. The van der Waals surface area contributed by atoms with Crippen molar-refractivity contribution in [2.24, 2.45) is 5.92 Å². The van der Waals surface area contributed by atoms with Gasteiger partial charge in [0.1, 0.15) is 12.4 Å². The molecule has 2 aromatic carbocycles. The third-order valence-corrected chi connectivity index (χ3v) is 8.04. The standard InChI is InChI=1S/C28H36N2O3/c1-19(2)29-24-15-21-16-25-22-11-7-8-12-28(22,23(21)17-26(24)32-3)13-14-30(25)27(31)33-18-20-9-5-4-6-10-20/h4-6,9-10,15,17,19,22,25,29H,7-8,11-14,16,18H2,1-3H3/t22-,25+,28+/m0/s1. The average Bonchev–Trinajstić information content (AvgIpc) is 2.82. The zero-order chi connectivity index (χ0) is 23.0. The molecule has 0 aromatic heterocycles. The molecular weight excluding hydrogens is 412 g/mol. The number of nitrogens with zero attached hydrogens (tertiary/aromatic N) is 1. The molecule has 2 bridgehead atoms. The molecular formula is C28H36N2O3. The molecule has 2 aromatic rings. The molecule has 2 aliphatic carbocycles. The number of anilines is 1. The lowest BCUT2D eigenvalue weighted by Gasteiger charge is -2.58. The first-order valence-electron chi connectivity index (χ1n) is 12.5. The fraction of sp³-hybridized carbons (Fsp3) is 0.536. The minimum atomic E-state index is -0.166. The van der Waals surface area contributed by atoms with Crippen LogP contribution < -0.4 is 10.1 Å². The van der Waals surface area contributed by atoms with Crippen molar-refractivity contribution in [3.63, 3.8) is 0 Å². The molecule has 5 rings (SSSR count). The second kappa shape index (κ2) is 8.92. The minimum Gasteiger partial charge on any atom is -0.495 e. The van der Waals surface area contributed by atoms with E-state index in [1.165, 1.54) is 36.8 Å². The maximum Gasteiger partial charge on any atom is 0.410 e. The second-order valence-corrected chi connectivity index (χ2v) is 10.3. The summed E-state index contributed by atoms with van der Waals surface area (Å²) < 4.78 is 11.6. The average molecular weight is 449 g/mol. The number of ether oxygens (including phenoxy) is 2. The van der Waals surface area contributed by atoms with Gasteiger partial charge in [-0.15, -0.1) is 0 Å². The molecule has 1 amide bonds. The third-order valence-electron chi connectivity index (χ3n) is 8.04. The molecule has 33 heavy (non-hydrogen) atoms. The van der Waals surface area contributed by atoms with Gasteiger partial charge in [-0.05, 0) is 74.3 Å². The van der Waals surface area contributed by atoms with Crippen molar-refractivity contribution in [2.75, 3.05) is 19.0 Å². The smallest absolute Gasteiger partial charge is 0.410 e. The first-order valence-corrected chi connectivity index (χ1v) is 12.5. The summed E-state index contributed by atoms with van der Waals surface area (Å²) in [5.41, 5.74) is 5.05. The number of carbonyl (C=O) groups is 1. The van der Waals surface area contributed by atoms with Crippen LogP contribution >= 0.6 is 0 Å². The molecule has 1 aliphatic heterocycles. The number of benzene rings is 2. The van der Waals surface area contributed by atoms with Crippen molar-refractivity contribution in [2.45, 2.75) is 76.5 Å². The fourth-order valence-corrected chi connectivity index (χ4v) is 6.67. The van der Waals surface area contributed by atoms with Crippen molar-refractivity contribution >= 4 is 11.8 Å². The maximum absolute atomic E-state index is 13.2. The summed E-state index contributed by atoms with van der Waals surface area (Å²) in [5, 5.41) is 3.55. The van der Waals surface area contributed by atoms with Gasteiger partial charge in [-0.2, -0.15) is 0 Å². The SMILES string of the molecule is COc1cc2c(cc1NC(C)C)C[C@@H]1[C@@H]3CCCC[C@]23CCN1C(=O)OCc1ccccc1.